The summed E-state index contributed by atoms with van der Waals surface area (Å²) < 4.78 is 13.0. The smallest absolute Gasteiger partial charge is 0.253 e. The average molecular weight is 326 g/mol. The van der Waals surface area contributed by atoms with E-state index in [9.17, 15) is 14.0 Å². The van der Waals surface area contributed by atoms with Gasteiger partial charge in [-0.15, -0.1) is 0 Å². The molecule has 0 atom stereocenters. The van der Waals surface area contributed by atoms with Crippen LogP contribution in [0, 0.1) is 5.82 Å². The maximum atomic E-state index is 13.0. The molecule has 0 spiro atoms. The predicted octanol–water partition coefficient (Wildman–Crippen LogP) is 3.22. The lowest BCUT2D eigenvalue weighted by Gasteiger charge is -2.20. The van der Waals surface area contributed by atoms with Crippen molar-refractivity contribution >= 4 is 17.5 Å². The first-order valence-electron chi connectivity index (χ1n) is 7.95. The summed E-state index contributed by atoms with van der Waals surface area (Å²) in [6.45, 7) is 1.09. The lowest BCUT2D eigenvalue weighted by Crippen LogP contribution is -2.27. The molecule has 1 saturated heterocycles. The highest BCUT2D eigenvalue weighted by Gasteiger charge is 2.22. The second kappa shape index (κ2) is 6.83. The van der Waals surface area contributed by atoms with Crippen LogP contribution in [-0.4, -0.2) is 30.3 Å². The molecule has 24 heavy (non-hydrogen) atoms. The Bertz CT molecular complexity index is 758. The minimum absolute atomic E-state index is 0.0965. The number of rotatable bonds is 4. The van der Waals surface area contributed by atoms with Gasteiger partial charge in [-0.3, -0.25) is 9.59 Å². The standard InChI is InChI=1S/C19H19FN2O2/c1-21(13-14-7-9-16(20)10-8-14)19(24)15-4-2-5-17(12-15)22-11-3-6-18(22)23/h2,4-5,7-10,12H,3,6,11,13H2,1H3. The summed E-state index contributed by atoms with van der Waals surface area (Å²) in [7, 11) is 1.71. The number of hydrogen-bond donors (Lipinski definition) is 0. The lowest BCUT2D eigenvalue weighted by molar-refractivity contribution is -0.117. The molecule has 4 nitrogen and oxygen atoms in total. The molecule has 2 aromatic carbocycles. The van der Waals surface area contributed by atoms with Crippen molar-refractivity contribution in [3.05, 3.63) is 65.5 Å². The molecule has 1 aliphatic heterocycles. The largest absolute Gasteiger partial charge is 0.337 e. The first-order chi connectivity index (χ1) is 11.5. The number of carbonyl (C=O) groups is 2. The van der Waals surface area contributed by atoms with Crippen LogP contribution < -0.4 is 4.90 Å². The molecule has 5 heteroatoms. The van der Waals surface area contributed by atoms with Gasteiger partial charge < -0.3 is 9.80 Å². The number of amides is 2. The van der Waals surface area contributed by atoms with Crippen LogP contribution in [0.2, 0.25) is 0 Å². The predicted molar refractivity (Wildman–Crippen MR) is 90.2 cm³/mol. The first kappa shape index (κ1) is 16.2. The fourth-order valence-electron chi connectivity index (χ4n) is 2.88. The minimum atomic E-state index is -0.296. The van der Waals surface area contributed by atoms with Crippen LogP contribution in [0.3, 0.4) is 0 Å². The van der Waals surface area contributed by atoms with Gasteiger partial charge in [0, 0.05) is 37.8 Å². The molecule has 124 valence electrons. The summed E-state index contributed by atoms with van der Waals surface area (Å²) in [4.78, 5) is 27.8. The van der Waals surface area contributed by atoms with E-state index in [4.69, 9.17) is 0 Å². The van der Waals surface area contributed by atoms with Crippen molar-refractivity contribution < 1.29 is 14.0 Å². The summed E-state index contributed by atoms with van der Waals surface area (Å²) in [5, 5.41) is 0. The molecule has 2 aromatic rings. The van der Waals surface area contributed by atoms with Crippen LogP contribution in [0.25, 0.3) is 0 Å². The zero-order valence-electron chi connectivity index (χ0n) is 13.5. The molecule has 1 heterocycles. The van der Waals surface area contributed by atoms with Gasteiger partial charge in [0.25, 0.3) is 5.91 Å². The van der Waals surface area contributed by atoms with E-state index in [1.165, 1.54) is 12.1 Å². The molecule has 1 aliphatic rings. The second-order valence-electron chi connectivity index (χ2n) is 5.99. The van der Waals surface area contributed by atoms with Crippen molar-refractivity contribution in [1.82, 2.24) is 4.90 Å². The van der Waals surface area contributed by atoms with Gasteiger partial charge in [-0.05, 0) is 42.3 Å². The fraction of sp³-hybridized carbons (Fsp3) is 0.263. The van der Waals surface area contributed by atoms with E-state index in [0.717, 1.165) is 17.7 Å². The van der Waals surface area contributed by atoms with Crippen LogP contribution in [0.4, 0.5) is 10.1 Å². The molecule has 2 amide bonds. The van der Waals surface area contributed by atoms with E-state index in [2.05, 4.69) is 0 Å². The van der Waals surface area contributed by atoms with Gasteiger partial charge in [0.05, 0.1) is 0 Å². The molecule has 0 bridgehead atoms. The van der Waals surface area contributed by atoms with E-state index < -0.39 is 0 Å². The Hall–Kier alpha value is -2.69. The number of hydrogen-bond acceptors (Lipinski definition) is 2. The van der Waals surface area contributed by atoms with Crippen molar-refractivity contribution in [1.29, 1.82) is 0 Å². The van der Waals surface area contributed by atoms with E-state index in [0.29, 0.717) is 25.1 Å². The normalized spacial score (nSPS) is 14.1. The molecule has 0 aromatic heterocycles. The van der Waals surface area contributed by atoms with E-state index in [1.54, 1.807) is 47.2 Å². The van der Waals surface area contributed by atoms with Crippen LogP contribution >= 0.6 is 0 Å². The van der Waals surface area contributed by atoms with Gasteiger partial charge in [-0.1, -0.05) is 18.2 Å². The summed E-state index contributed by atoms with van der Waals surface area (Å²) in [5.74, 6) is -0.331. The van der Waals surface area contributed by atoms with Gasteiger partial charge >= 0.3 is 0 Å². The molecule has 3 rings (SSSR count). The SMILES string of the molecule is CN(Cc1ccc(F)cc1)C(=O)c1cccc(N2CCCC2=O)c1. The number of carbonyl (C=O) groups excluding carboxylic acids is 2. The van der Waals surface area contributed by atoms with Crippen molar-refractivity contribution in [2.24, 2.45) is 0 Å². The number of anilines is 1. The second-order valence-corrected chi connectivity index (χ2v) is 5.99. The van der Waals surface area contributed by atoms with Gasteiger partial charge in [-0.2, -0.15) is 0 Å². The van der Waals surface area contributed by atoms with Gasteiger partial charge in [-0.25, -0.2) is 4.39 Å². The zero-order chi connectivity index (χ0) is 17.1. The monoisotopic (exact) mass is 326 g/mol. The molecule has 0 unspecified atom stereocenters. The van der Waals surface area contributed by atoms with Crippen molar-refractivity contribution in [3.63, 3.8) is 0 Å². The zero-order valence-corrected chi connectivity index (χ0v) is 13.5. The maximum absolute atomic E-state index is 13.0. The van der Waals surface area contributed by atoms with Crippen molar-refractivity contribution in [2.75, 3.05) is 18.5 Å². The van der Waals surface area contributed by atoms with E-state index >= 15 is 0 Å². The average Bonchev–Trinajstić information content (AvgIpc) is 3.02. The van der Waals surface area contributed by atoms with E-state index in [1.807, 2.05) is 6.07 Å². The van der Waals surface area contributed by atoms with E-state index in [-0.39, 0.29) is 17.6 Å². The highest BCUT2D eigenvalue weighted by molar-refractivity contribution is 5.99. The van der Waals surface area contributed by atoms with Gasteiger partial charge in [0.2, 0.25) is 5.91 Å². The molecule has 0 N–H and O–H groups in total. The summed E-state index contributed by atoms with van der Waals surface area (Å²) >= 11 is 0. The van der Waals surface area contributed by atoms with Gasteiger partial charge in [0.1, 0.15) is 5.82 Å². The Morgan fingerprint density at radius 3 is 2.62 bits per heavy atom. The van der Waals surface area contributed by atoms with Crippen LogP contribution in [0.15, 0.2) is 48.5 Å². The summed E-state index contributed by atoms with van der Waals surface area (Å²) in [6.07, 6.45) is 1.41. The summed E-state index contributed by atoms with van der Waals surface area (Å²) in [6, 6.07) is 13.2. The third kappa shape index (κ3) is 3.45. The lowest BCUT2D eigenvalue weighted by atomic mass is 10.1. The highest BCUT2D eigenvalue weighted by Crippen LogP contribution is 2.23. The van der Waals surface area contributed by atoms with Crippen LogP contribution in [0.1, 0.15) is 28.8 Å². The van der Waals surface area contributed by atoms with Crippen LogP contribution in [0.5, 0.6) is 0 Å². The maximum Gasteiger partial charge on any atom is 0.253 e. The summed E-state index contributed by atoms with van der Waals surface area (Å²) in [5.41, 5.74) is 2.16. The Balaban J connectivity index is 1.74. The molecule has 0 radical (unpaired) electrons. The quantitative estimate of drug-likeness (QED) is 0.865. The molecular formula is C19H19FN2O2. The molecule has 0 saturated carbocycles. The Morgan fingerprint density at radius 1 is 1.21 bits per heavy atom. The Labute approximate surface area is 140 Å². The topological polar surface area (TPSA) is 40.6 Å². The Kier molecular flexibility index (Phi) is 4.60. The Morgan fingerprint density at radius 2 is 1.96 bits per heavy atom. The third-order valence-electron chi connectivity index (χ3n) is 4.16. The molecule has 1 fully saturated rings. The first-order valence-corrected chi connectivity index (χ1v) is 7.95. The minimum Gasteiger partial charge on any atom is -0.337 e. The third-order valence-corrected chi connectivity index (χ3v) is 4.16. The number of halogens is 1. The van der Waals surface area contributed by atoms with Crippen molar-refractivity contribution in [2.45, 2.75) is 19.4 Å². The van der Waals surface area contributed by atoms with Gasteiger partial charge in [0.15, 0.2) is 0 Å². The number of benzene rings is 2. The van der Waals surface area contributed by atoms with Crippen LogP contribution in [-0.2, 0) is 11.3 Å². The fourth-order valence-corrected chi connectivity index (χ4v) is 2.88. The van der Waals surface area contributed by atoms with Crippen molar-refractivity contribution in [3.8, 4) is 0 Å². The molecular weight excluding hydrogens is 307 g/mol. The highest BCUT2D eigenvalue weighted by atomic mass is 19.1. The number of nitrogens with zero attached hydrogens (tertiary/aromatic N) is 2. The molecule has 0 aliphatic carbocycles.